The average molecular weight is 182 g/mol. The number of rotatable bonds is 4. The standard InChI is InChI=1S/C10H14O3/c1-2-13-10(12)7-9(11)8-5-3-4-6-8/h3-6,8-9,11H,2,7H2,1H3/t9-/m1/s1. The summed E-state index contributed by atoms with van der Waals surface area (Å²) in [5.74, 6) is -0.381. The van der Waals surface area contributed by atoms with Gasteiger partial charge >= 0.3 is 5.97 Å². The van der Waals surface area contributed by atoms with Gasteiger partial charge < -0.3 is 9.84 Å². The number of aliphatic hydroxyl groups is 1. The zero-order chi connectivity index (χ0) is 9.68. The van der Waals surface area contributed by atoms with Crippen LogP contribution in [-0.2, 0) is 9.53 Å². The van der Waals surface area contributed by atoms with Gasteiger partial charge in [-0.3, -0.25) is 4.79 Å². The molecule has 0 aliphatic heterocycles. The first-order chi connectivity index (χ1) is 6.24. The van der Waals surface area contributed by atoms with Crippen LogP contribution in [0.3, 0.4) is 0 Å². The quantitative estimate of drug-likeness (QED) is 0.661. The highest BCUT2D eigenvalue weighted by Crippen LogP contribution is 2.16. The van der Waals surface area contributed by atoms with Gasteiger partial charge in [0.15, 0.2) is 0 Å². The van der Waals surface area contributed by atoms with Crippen molar-refractivity contribution in [3.05, 3.63) is 24.3 Å². The Morgan fingerprint density at radius 3 is 2.69 bits per heavy atom. The van der Waals surface area contributed by atoms with Crippen LogP contribution in [0.5, 0.6) is 0 Å². The van der Waals surface area contributed by atoms with Crippen LogP contribution in [0, 0.1) is 5.92 Å². The Bertz CT molecular complexity index is 218. The molecule has 1 atom stereocenters. The monoisotopic (exact) mass is 182 g/mol. The lowest BCUT2D eigenvalue weighted by Gasteiger charge is -2.13. The highest BCUT2D eigenvalue weighted by atomic mass is 16.5. The van der Waals surface area contributed by atoms with Crippen molar-refractivity contribution < 1.29 is 14.6 Å². The number of esters is 1. The van der Waals surface area contributed by atoms with Crippen molar-refractivity contribution in [3.8, 4) is 0 Å². The molecule has 1 rings (SSSR count). The summed E-state index contributed by atoms with van der Waals surface area (Å²) < 4.78 is 4.72. The SMILES string of the molecule is CCOC(=O)C[C@@H](O)C1C=CC=C1. The Morgan fingerprint density at radius 1 is 1.54 bits per heavy atom. The number of allylic oxidation sites excluding steroid dienone is 2. The molecule has 1 N–H and O–H groups in total. The number of aliphatic hydroxyl groups excluding tert-OH is 1. The summed E-state index contributed by atoms with van der Waals surface area (Å²) in [4.78, 5) is 11.0. The fourth-order valence-electron chi connectivity index (χ4n) is 1.23. The van der Waals surface area contributed by atoms with E-state index < -0.39 is 6.10 Å². The largest absolute Gasteiger partial charge is 0.466 e. The van der Waals surface area contributed by atoms with Crippen LogP contribution < -0.4 is 0 Å². The van der Waals surface area contributed by atoms with Crippen LogP contribution >= 0.6 is 0 Å². The molecule has 72 valence electrons. The van der Waals surface area contributed by atoms with E-state index in [0.29, 0.717) is 6.61 Å². The Labute approximate surface area is 77.7 Å². The van der Waals surface area contributed by atoms with Crippen LogP contribution in [0.2, 0.25) is 0 Å². The Morgan fingerprint density at radius 2 is 2.15 bits per heavy atom. The van der Waals surface area contributed by atoms with E-state index in [0.717, 1.165) is 0 Å². The fourth-order valence-corrected chi connectivity index (χ4v) is 1.23. The van der Waals surface area contributed by atoms with Crippen molar-refractivity contribution in [2.45, 2.75) is 19.4 Å². The lowest BCUT2D eigenvalue weighted by atomic mass is 10.0. The topological polar surface area (TPSA) is 46.5 Å². The molecular formula is C10H14O3. The van der Waals surface area contributed by atoms with E-state index in [1.165, 1.54) is 0 Å². The fraction of sp³-hybridized carbons (Fsp3) is 0.500. The summed E-state index contributed by atoms with van der Waals surface area (Å²) in [6.07, 6.45) is 6.85. The van der Waals surface area contributed by atoms with Gasteiger partial charge in [0.1, 0.15) is 0 Å². The second-order valence-electron chi connectivity index (χ2n) is 2.92. The Hall–Kier alpha value is -1.09. The predicted octanol–water partition coefficient (Wildman–Crippen LogP) is 1.04. The van der Waals surface area contributed by atoms with Gasteiger partial charge in [-0.25, -0.2) is 0 Å². The minimum Gasteiger partial charge on any atom is -0.466 e. The van der Waals surface area contributed by atoms with E-state index in [1.54, 1.807) is 6.92 Å². The van der Waals surface area contributed by atoms with Gasteiger partial charge in [0, 0.05) is 5.92 Å². The molecule has 0 aromatic heterocycles. The maximum absolute atomic E-state index is 11.0. The maximum atomic E-state index is 11.0. The highest BCUT2D eigenvalue weighted by molar-refractivity contribution is 5.70. The van der Waals surface area contributed by atoms with E-state index in [4.69, 9.17) is 4.74 Å². The van der Waals surface area contributed by atoms with E-state index in [2.05, 4.69) is 0 Å². The summed E-state index contributed by atoms with van der Waals surface area (Å²) in [5.41, 5.74) is 0. The molecule has 0 bridgehead atoms. The predicted molar refractivity (Wildman–Crippen MR) is 49.0 cm³/mol. The smallest absolute Gasteiger partial charge is 0.308 e. The first-order valence-corrected chi connectivity index (χ1v) is 4.42. The van der Waals surface area contributed by atoms with Gasteiger partial charge in [-0.05, 0) is 6.92 Å². The molecular weight excluding hydrogens is 168 g/mol. The van der Waals surface area contributed by atoms with Crippen LogP contribution in [0.4, 0.5) is 0 Å². The molecule has 0 unspecified atom stereocenters. The van der Waals surface area contributed by atoms with Gasteiger partial charge in [-0.1, -0.05) is 24.3 Å². The number of ether oxygens (including phenoxy) is 1. The molecule has 0 saturated carbocycles. The molecule has 0 amide bonds. The van der Waals surface area contributed by atoms with Crippen molar-refractivity contribution in [3.63, 3.8) is 0 Å². The van der Waals surface area contributed by atoms with Gasteiger partial charge in [0.25, 0.3) is 0 Å². The average Bonchev–Trinajstić information content (AvgIpc) is 2.55. The normalized spacial score (nSPS) is 17.7. The zero-order valence-corrected chi connectivity index (χ0v) is 7.64. The summed E-state index contributed by atoms with van der Waals surface area (Å²) in [7, 11) is 0. The summed E-state index contributed by atoms with van der Waals surface area (Å²) in [5, 5.41) is 9.54. The van der Waals surface area contributed by atoms with Crippen molar-refractivity contribution in [1.82, 2.24) is 0 Å². The minimum absolute atomic E-state index is 0.0376. The van der Waals surface area contributed by atoms with Crippen LogP contribution in [0.1, 0.15) is 13.3 Å². The summed E-state index contributed by atoms with van der Waals surface area (Å²) in [6, 6.07) is 0. The molecule has 0 spiro atoms. The first kappa shape index (κ1) is 9.99. The van der Waals surface area contributed by atoms with Crippen molar-refractivity contribution in [1.29, 1.82) is 0 Å². The van der Waals surface area contributed by atoms with Crippen molar-refractivity contribution in [2.24, 2.45) is 5.92 Å². The van der Waals surface area contributed by atoms with Gasteiger partial charge in [-0.15, -0.1) is 0 Å². The second-order valence-corrected chi connectivity index (χ2v) is 2.92. The van der Waals surface area contributed by atoms with E-state index in [1.807, 2.05) is 24.3 Å². The van der Waals surface area contributed by atoms with E-state index >= 15 is 0 Å². The molecule has 1 aliphatic rings. The van der Waals surface area contributed by atoms with Gasteiger partial charge in [-0.2, -0.15) is 0 Å². The van der Waals surface area contributed by atoms with Crippen LogP contribution in [-0.4, -0.2) is 23.8 Å². The van der Waals surface area contributed by atoms with E-state index in [-0.39, 0.29) is 18.3 Å². The Balaban J connectivity index is 2.32. The third kappa shape index (κ3) is 3.03. The molecule has 0 heterocycles. The minimum atomic E-state index is -0.658. The number of hydrogen-bond acceptors (Lipinski definition) is 3. The maximum Gasteiger partial charge on any atom is 0.308 e. The van der Waals surface area contributed by atoms with Crippen molar-refractivity contribution >= 4 is 5.97 Å². The lowest BCUT2D eigenvalue weighted by molar-refractivity contribution is -0.145. The highest BCUT2D eigenvalue weighted by Gasteiger charge is 2.19. The third-order valence-corrected chi connectivity index (χ3v) is 1.90. The molecule has 1 aliphatic carbocycles. The molecule has 0 aromatic rings. The Kier molecular flexibility index (Phi) is 3.71. The molecule has 3 nitrogen and oxygen atoms in total. The number of carbonyl (C=O) groups excluding carboxylic acids is 1. The van der Waals surface area contributed by atoms with Gasteiger partial charge in [0.05, 0.1) is 19.1 Å². The molecule has 0 fully saturated rings. The summed E-state index contributed by atoms with van der Waals surface area (Å²) >= 11 is 0. The van der Waals surface area contributed by atoms with Gasteiger partial charge in [0.2, 0.25) is 0 Å². The first-order valence-electron chi connectivity index (χ1n) is 4.42. The zero-order valence-electron chi connectivity index (χ0n) is 7.64. The van der Waals surface area contributed by atoms with Crippen LogP contribution in [0.15, 0.2) is 24.3 Å². The van der Waals surface area contributed by atoms with Crippen LogP contribution in [0.25, 0.3) is 0 Å². The number of carbonyl (C=O) groups is 1. The lowest BCUT2D eigenvalue weighted by Crippen LogP contribution is -2.21. The third-order valence-electron chi connectivity index (χ3n) is 1.90. The van der Waals surface area contributed by atoms with E-state index in [9.17, 15) is 9.90 Å². The molecule has 0 aromatic carbocycles. The second kappa shape index (κ2) is 4.82. The number of hydrogen-bond donors (Lipinski definition) is 1. The van der Waals surface area contributed by atoms with Crippen molar-refractivity contribution in [2.75, 3.05) is 6.61 Å². The molecule has 0 radical (unpaired) electrons. The molecule has 3 heteroatoms. The molecule has 0 saturated heterocycles. The summed E-state index contributed by atoms with van der Waals surface area (Å²) in [6.45, 7) is 2.11. The molecule has 13 heavy (non-hydrogen) atoms.